The number of aromatic nitrogens is 2. The second kappa shape index (κ2) is 8.62. The van der Waals surface area contributed by atoms with Crippen molar-refractivity contribution in [3.8, 4) is 5.75 Å². The largest absolute Gasteiger partial charge is 0.494 e. The highest BCUT2D eigenvalue weighted by molar-refractivity contribution is 6.02. The molecule has 0 aliphatic rings. The predicted octanol–water partition coefficient (Wildman–Crippen LogP) is 3.74. The van der Waals surface area contributed by atoms with E-state index in [1.807, 2.05) is 37.3 Å². The first-order valence-electron chi connectivity index (χ1n) is 8.40. The lowest BCUT2D eigenvalue weighted by Gasteiger charge is -2.08. The Balaban J connectivity index is 1.56. The minimum Gasteiger partial charge on any atom is -0.494 e. The van der Waals surface area contributed by atoms with E-state index in [0.717, 1.165) is 11.3 Å². The Kier molecular flexibility index (Phi) is 5.77. The molecule has 1 amide bonds. The van der Waals surface area contributed by atoms with E-state index in [4.69, 9.17) is 4.74 Å². The van der Waals surface area contributed by atoms with Crippen LogP contribution in [0.15, 0.2) is 66.7 Å². The average Bonchev–Trinajstić information content (AvgIpc) is 2.69. The van der Waals surface area contributed by atoms with Crippen LogP contribution >= 0.6 is 0 Å². The van der Waals surface area contributed by atoms with Crippen molar-refractivity contribution in [2.45, 2.75) is 13.5 Å². The standard InChI is InChI=1S/C20H20N4O2/c1-2-26-17-10-8-16(9-11-17)22-20(25)18-12-13-19(24-23-18)21-14-15-6-4-3-5-7-15/h3-13H,2,14H2,1H3,(H,21,24)(H,22,25). The van der Waals surface area contributed by atoms with Gasteiger partial charge in [-0.3, -0.25) is 4.79 Å². The molecule has 0 aliphatic heterocycles. The number of nitrogens with zero attached hydrogens (tertiary/aromatic N) is 2. The Labute approximate surface area is 152 Å². The van der Waals surface area contributed by atoms with Crippen LogP contribution in [0.2, 0.25) is 0 Å². The van der Waals surface area contributed by atoms with Crippen molar-refractivity contribution in [2.24, 2.45) is 0 Å². The molecule has 0 radical (unpaired) electrons. The summed E-state index contributed by atoms with van der Waals surface area (Å²) in [6.07, 6.45) is 0. The molecule has 2 N–H and O–H groups in total. The number of carbonyl (C=O) groups is 1. The Morgan fingerprint density at radius 2 is 1.73 bits per heavy atom. The molecular formula is C20H20N4O2. The fraction of sp³-hybridized carbons (Fsp3) is 0.150. The minimum atomic E-state index is -0.309. The molecule has 3 rings (SSSR count). The van der Waals surface area contributed by atoms with Gasteiger partial charge in [-0.2, -0.15) is 0 Å². The van der Waals surface area contributed by atoms with E-state index in [2.05, 4.69) is 20.8 Å². The molecule has 1 aromatic heterocycles. The molecule has 0 fully saturated rings. The molecule has 0 spiro atoms. The molecule has 2 aromatic carbocycles. The monoisotopic (exact) mass is 348 g/mol. The normalized spacial score (nSPS) is 10.2. The molecule has 0 bridgehead atoms. The van der Waals surface area contributed by atoms with Crippen molar-refractivity contribution >= 4 is 17.4 Å². The second-order valence-corrected chi connectivity index (χ2v) is 5.55. The quantitative estimate of drug-likeness (QED) is 0.680. The molecule has 6 nitrogen and oxygen atoms in total. The van der Waals surface area contributed by atoms with Crippen LogP contribution in [0.5, 0.6) is 5.75 Å². The van der Waals surface area contributed by atoms with E-state index in [9.17, 15) is 4.79 Å². The van der Waals surface area contributed by atoms with Crippen molar-refractivity contribution in [2.75, 3.05) is 17.2 Å². The molecule has 0 saturated heterocycles. The molecular weight excluding hydrogens is 328 g/mol. The number of hydrogen-bond donors (Lipinski definition) is 2. The molecule has 0 unspecified atom stereocenters. The smallest absolute Gasteiger partial charge is 0.276 e. The zero-order valence-electron chi connectivity index (χ0n) is 14.5. The number of ether oxygens (including phenoxy) is 1. The Morgan fingerprint density at radius 1 is 0.962 bits per heavy atom. The lowest BCUT2D eigenvalue weighted by atomic mass is 10.2. The first-order valence-corrected chi connectivity index (χ1v) is 8.40. The second-order valence-electron chi connectivity index (χ2n) is 5.55. The summed E-state index contributed by atoms with van der Waals surface area (Å²) in [6.45, 7) is 3.17. The number of carbonyl (C=O) groups excluding carboxylic acids is 1. The van der Waals surface area contributed by atoms with E-state index in [-0.39, 0.29) is 11.6 Å². The summed E-state index contributed by atoms with van der Waals surface area (Å²) in [7, 11) is 0. The molecule has 3 aromatic rings. The predicted molar refractivity (Wildman–Crippen MR) is 101 cm³/mol. The summed E-state index contributed by atoms with van der Waals surface area (Å²) in [4.78, 5) is 12.3. The van der Waals surface area contributed by atoms with Crippen LogP contribution < -0.4 is 15.4 Å². The van der Waals surface area contributed by atoms with Crippen molar-refractivity contribution in [1.82, 2.24) is 10.2 Å². The lowest BCUT2D eigenvalue weighted by Crippen LogP contribution is -2.14. The molecule has 0 atom stereocenters. The SMILES string of the molecule is CCOc1ccc(NC(=O)c2ccc(NCc3ccccc3)nn2)cc1. The molecule has 0 aliphatic carbocycles. The van der Waals surface area contributed by atoms with Crippen LogP contribution in [0, 0.1) is 0 Å². The first kappa shape index (κ1) is 17.4. The van der Waals surface area contributed by atoms with Gasteiger partial charge >= 0.3 is 0 Å². The highest BCUT2D eigenvalue weighted by Crippen LogP contribution is 2.16. The zero-order chi connectivity index (χ0) is 18.2. The number of hydrogen-bond acceptors (Lipinski definition) is 5. The van der Waals surface area contributed by atoms with Crippen LogP contribution in [0.25, 0.3) is 0 Å². The maximum atomic E-state index is 12.3. The first-order chi connectivity index (χ1) is 12.7. The maximum absolute atomic E-state index is 12.3. The molecule has 0 saturated carbocycles. The van der Waals surface area contributed by atoms with E-state index in [1.54, 1.807) is 36.4 Å². The number of benzene rings is 2. The van der Waals surface area contributed by atoms with Crippen LogP contribution in [0.4, 0.5) is 11.5 Å². The number of nitrogens with one attached hydrogen (secondary N) is 2. The van der Waals surface area contributed by atoms with Crippen molar-refractivity contribution in [3.63, 3.8) is 0 Å². The summed E-state index contributed by atoms with van der Waals surface area (Å²) >= 11 is 0. The molecule has 26 heavy (non-hydrogen) atoms. The van der Waals surface area contributed by atoms with E-state index in [0.29, 0.717) is 24.7 Å². The van der Waals surface area contributed by atoms with Crippen LogP contribution in [-0.2, 0) is 6.54 Å². The third-order valence-electron chi connectivity index (χ3n) is 3.64. The van der Waals surface area contributed by atoms with Gasteiger partial charge in [0.15, 0.2) is 5.69 Å². The number of rotatable bonds is 7. The van der Waals surface area contributed by atoms with Crippen LogP contribution in [0.1, 0.15) is 23.0 Å². The summed E-state index contributed by atoms with van der Waals surface area (Å²) in [6, 6.07) is 20.6. The van der Waals surface area contributed by atoms with Gasteiger partial charge in [0.25, 0.3) is 5.91 Å². The molecule has 1 heterocycles. The van der Waals surface area contributed by atoms with Crippen molar-refractivity contribution in [1.29, 1.82) is 0 Å². The van der Waals surface area contributed by atoms with Gasteiger partial charge in [-0.05, 0) is 48.9 Å². The minimum absolute atomic E-state index is 0.254. The third kappa shape index (κ3) is 4.80. The van der Waals surface area contributed by atoms with Gasteiger partial charge in [0.1, 0.15) is 11.6 Å². The Bertz CT molecular complexity index is 834. The van der Waals surface area contributed by atoms with Gasteiger partial charge in [0.05, 0.1) is 6.61 Å². The summed E-state index contributed by atoms with van der Waals surface area (Å²) in [5.74, 6) is 1.07. The van der Waals surface area contributed by atoms with Crippen molar-refractivity contribution in [3.05, 3.63) is 78.0 Å². The third-order valence-corrected chi connectivity index (χ3v) is 3.64. The Hall–Kier alpha value is -3.41. The molecule has 6 heteroatoms. The van der Waals surface area contributed by atoms with E-state index in [1.165, 1.54) is 0 Å². The molecule has 132 valence electrons. The van der Waals surface area contributed by atoms with Gasteiger partial charge in [-0.25, -0.2) is 0 Å². The van der Waals surface area contributed by atoms with Crippen LogP contribution in [0.3, 0.4) is 0 Å². The number of anilines is 2. The van der Waals surface area contributed by atoms with Gasteiger partial charge in [-0.15, -0.1) is 10.2 Å². The average molecular weight is 348 g/mol. The zero-order valence-corrected chi connectivity index (χ0v) is 14.5. The van der Waals surface area contributed by atoms with E-state index >= 15 is 0 Å². The van der Waals surface area contributed by atoms with Crippen molar-refractivity contribution < 1.29 is 9.53 Å². The summed E-state index contributed by atoms with van der Waals surface area (Å²) in [5.41, 5.74) is 2.07. The van der Waals surface area contributed by atoms with Gasteiger partial charge in [-0.1, -0.05) is 30.3 Å². The fourth-order valence-electron chi connectivity index (χ4n) is 2.33. The lowest BCUT2D eigenvalue weighted by molar-refractivity contribution is 0.102. The maximum Gasteiger partial charge on any atom is 0.276 e. The topological polar surface area (TPSA) is 76.1 Å². The Morgan fingerprint density at radius 3 is 2.38 bits per heavy atom. The summed E-state index contributed by atoms with van der Waals surface area (Å²) < 4.78 is 5.38. The van der Waals surface area contributed by atoms with Gasteiger partial charge in [0, 0.05) is 12.2 Å². The highest BCUT2D eigenvalue weighted by atomic mass is 16.5. The van der Waals surface area contributed by atoms with Crippen LogP contribution in [-0.4, -0.2) is 22.7 Å². The number of amides is 1. The van der Waals surface area contributed by atoms with Gasteiger partial charge < -0.3 is 15.4 Å². The fourth-order valence-corrected chi connectivity index (χ4v) is 2.33. The van der Waals surface area contributed by atoms with Gasteiger partial charge in [0.2, 0.25) is 0 Å². The highest BCUT2D eigenvalue weighted by Gasteiger charge is 2.09. The summed E-state index contributed by atoms with van der Waals surface area (Å²) in [5, 5.41) is 14.0. The van der Waals surface area contributed by atoms with E-state index < -0.39 is 0 Å².